The summed E-state index contributed by atoms with van der Waals surface area (Å²) in [5, 5.41) is 2.11. The summed E-state index contributed by atoms with van der Waals surface area (Å²) < 4.78 is 0.694. The van der Waals surface area contributed by atoms with Gasteiger partial charge in [0.2, 0.25) is 0 Å². The second-order valence-electron chi connectivity index (χ2n) is 4.59. The van der Waals surface area contributed by atoms with Crippen LogP contribution in [0, 0.1) is 0 Å². The number of hydrogen-bond donors (Lipinski definition) is 0. The van der Waals surface area contributed by atoms with Crippen LogP contribution in [0.4, 0.5) is 0 Å². The molecule has 1 unspecified atom stereocenters. The van der Waals surface area contributed by atoms with Crippen molar-refractivity contribution in [1.82, 2.24) is 9.88 Å². The summed E-state index contributed by atoms with van der Waals surface area (Å²) in [5.74, 6) is 0.0763. The number of pyridine rings is 1. The maximum Gasteiger partial charge on any atom is 0.254 e. The molecule has 0 aliphatic carbocycles. The highest BCUT2D eigenvalue weighted by atomic mass is 79.9. The molecule has 3 rings (SSSR count). The summed E-state index contributed by atoms with van der Waals surface area (Å²) in [6.45, 7) is 2.88. The molecule has 5 heteroatoms. The lowest BCUT2D eigenvalue weighted by atomic mass is 10.0. The first-order valence-electron chi connectivity index (χ1n) is 6.15. The maximum absolute atomic E-state index is 12.6. The van der Waals surface area contributed by atoms with E-state index in [0.29, 0.717) is 10.2 Å². The Morgan fingerprint density at radius 2 is 2.37 bits per heavy atom. The molecule has 1 aliphatic heterocycles. The van der Waals surface area contributed by atoms with Crippen molar-refractivity contribution in [2.45, 2.75) is 19.4 Å². The zero-order valence-corrected chi connectivity index (χ0v) is 12.9. The molecule has 0 N–H and O–H groups in total. The largest absolute Gasteiger partial charge is 0.331 e. The molecule has 0 bridgehead atoms. The van der Waals surface area contributed by atoms with E-state index < -0.39 is 0 Å². The maximum atomic E-state index is 12.6. The van der Waals surface area contributed by atoms with Crippen molar-refractivity contribution in [3.8, 4) is 0 Å². The first kappa shape index (κ1) is 12.8. The fraction of sp³-hybridized carbons (Fsp3) is 0.286. The van der Waals surface area contributed by atoms with Crippen LogP contribution in [-0.2, 0) is 6.42 Å². The van der Waals surface area contributed by atoms with Gasteiger partial charge in [-0.3, -0.25) is 4.79 Å². The summed E-state index contributed by atoms with van der Waals surface area (Å²) in [4.78, 5) is 20.0. The predicted molar refractivity (Wildman–Crippen MR) is 79.4 cm³/mol. The Balaban J connectivity index is 1.90. The van der Waals surface area contributed by atoms with Gasteiger partial charge in [0, 0.05) is 23.2 Å². The van der Waals surface area contributed by atoms with Gasteiger partial charge in [0.15, 0.2) is 0 Å². The molecule has 2 aromatic rings. The van der Waals surface area contributed by atoms with Crippen LogP contribution >= 0.6 is 27.3 Å². The zero-order valence-electron chi connectivity index (χ0n) is 10.5. The van der Waals surface area contributed by atoms with Gasteiger partial charge in [-0.05, 0) is 58.4 Å². The summed E-state index contributed by atoms with van der Waals surface area (Å²) in [6, 6.07) is 5.82. The van der Waals surface area contributed by atoms with E-state index in [4.69, 9.17) is 0 Å². The number of fused-ring (bicyclic) bond motifs is 1. The highest BCUT2D eigenvalue weighted by Gasteiger charge is 2.28. The number of carbonyl (C=O) groups excluding carboxylic acids is 1. The van der Waals surface area contributed by atoms with E-state index in [1.54, 1.807) is 29.7 Å². The minimum atomic E-state index is 0.0763. The third-order valence-corrected chi connectivity index (χ3v) is 4.94. The molecule has 3 nitrogen and oxygen atoms in total. The average molecular weight is 337 g/mol. The molecule has 19 heavy (non-hydrogen) atoms. The van der Waals surface area contributed by atoms with Crippen LogP contribution in [0.3, 0.4) is 0 Å². The van der Waals surface area contributed by atoms with Gasteiger partial charge in [0.1, 0.15) is 4.60 Å². The molecule has 0 saturated heterocycles. The lowest BCUT2D eigenvalue weighted by Gasteiger charge is -2.33. The highest BCUT2D eigenvalue weighted by molar-refractivity contribution is 9.10. The van der Waals surface area contributed by atoms with Crippen LogP contribution in [0.15, 0.2) is 34.4 Å². The van der Waals surface area contributed by atoms with Gasteiger partial charge in [-0.25, -0.2) is 4.98 Å². The van der Waals surface area contributed by atoms with Gasteiger partial charge >= 0.3 is 0 Å². The lowest BCUT2D eigenvalue weighted by molar-refractivity contribution is 0.0679. The zero-order chi connectivity index (χ0) is 13.4. The Kier molecular flexibility index (Phi) is 3.41. The SMILES string of the molecule is CC1c2ccsc2CCN1C(=O)c1ccnc(Br)c1. The number of thiophene rings is 1. The number of hydrogen-bond acceptors (Lipinski definition) is 3. The average Bonchev–Trinajstić information content (AvgIpc) is 2.88. The summed E-state index contributed by atoms with van der Waals surface area (Å²) >= 11 is 5.09. The van der Waals surface area contributed by atoms with E-state index in [9.17, 15) is 4.79 Å². The van der Waals surface area contributed by atoms with Gasteiger partial charge in [0.25, 0.3) is 5.91 Å². The van der Waals surface area contributed by atoms with E-state index in [-0.39, 0.29) is 11.9 Å². The van der Waals surface area contributed by atoms with E-state index >= 15 is 0 Å². The predicted octanol–water partition coefficient (Wildman–Crippen LogP) is 3.67. The smallest absolute Gasteiger partial charge is 0.254 e. The Hall–Kier alpha value is -1.20. The van der Waals surface area contributed by atoms with Crippen molar-refractivity contribution < 1.29 is 4.79 Å². The summed E-state index contributed by atoms with van der Waals surface area (Å²) in [5.41, 5.74) is 1.98. The van der Waals surface area contributed by atoms with E-state index in [1.807, 2.05) is 4.90 Å². The van der Waals surface area contributed by atoms with E-state index in [1.165, 1.54) is 10.4 Å². The second kappa shape index (κ2) is 5.06. The van der Waals surface area contributed by atoms with Crippen LogP contribution in [0.5, 0.6) is 0 Å². The minimum Gasteiger partial charge on any atom is -0.331 e. The Morgan fingerprint density at radius 1 is 1.53 bits per heavy atom. The molecule has 2 aromatic heterocycles. The van der Waals surface area contributed by atoms with Crippen LogP contribution in [-0.4, -0.2) is 22.3 Å². The number of nitrogens with zero attached hydrogens (tertiary/aromatic N) is 2. The van der Waals surface area contributed by atoms with Crippen molar-refractivity contribution in [3.05, 3.63) is 50.4 Å². The van der Waals surface area contributed by atoms with Gasteiger partial charge < -0.3 is 4.90 Å². The summed E-state index contributed by atoms with van der Waals surface area (Å²) in [6.07, 6.45) is 2.61. The van der Waals surface area contributed by atoms with E-state index in [2.05, 4.69) is 39.3 Å². The Morgan fingerprint density at radius 3 is 3.16 bits per heavy atom. The Labute approximate surface area is 124 Å². The van der Waals surface area contributed by atoms with Gasteiger partial charge in [-0.1, -0.05) is 0 Å². The minimum absolute atomic E-state index is 0.0763. The van der Waals surface area contributed by atoms with Gasteiger partial charge in [0.05, 0.1) is 6.04 Å². The van der Waals surface area contributed by atoms with Crippen molar-refractivity contribution >= 4 is 33.2 Å². The van der Waals surface area contributed by atoms with Crippen molar-refractivity contribution in [1.29, 1.82) is 0 Å². The number of carbonyl (C=O) groups is 1. The van der Waals surface area contributed by atoms with Crippen molar-refractivity contribution in [2.24, 2.45) is 0 Å². The second-order valence-corrected chi connectivity index (χ2v) is 6.40. The Bertz CT molecular complexity index is 625. The van der Waals surface area contributed by atoms with E-state index in [0.717, 1.165) is 13.0 Å². The molecule has 0 aromatic carbocycles. The molecule has 0 radical (unpaired) electrons. The van der Waals surface area contributed by atoms with Crippen LogP contribution in [0.2, 0.25) is 0 Å². The number of aromatic nitrogens is 1. The van der Waals surface area contributed by atoms with Crippen molar-refractivity contribution in [3.63, 3.8) is 0 Å². The monoisotopic (exact) mass is 336 g/mol. The summed E-state index contributed by atoms with van der Waals surface area (Å²) in [7, 11) is 0. The molecule has 0 fully saturated rings. The number of amides is 1. The normalized spacial score (nSPS) is 18.2. The standard InChI is InChI=1S/C14H13BrN2OS/c1-9-11-4-7-19-12(11)3-6-17(9)14(18)10-2-5-16-13(15)8-10/h2,4-5,7-9H,3,6H2,1H3. The topological polar surface area (TPSA) is 33.2 Å². The van der Waals surface area contributed by atoms with Gasteiger partial charge in [-0.2, -0.15) is 0 Å². The van der Waals surface area contributed by atoms with Crippen LogP contribution < -0.4 is 0 Å². The molecule has 0 spiro atoms. The fourth-order valence-electron chi connectivity index (χ4n) is 2.49. The molecule has 3 heterocycles. The van der Waals surface area contributed by atoms with Crippen LogP contribution in [0.25, 0.3) is 0 Å². The molecule has 98 valence electrons. The number of halogens is 1. The molecule has 1 amide bonds. The quantitative estimate of drug-likeness (QED) is 0.744. The lowest BCUT2D eigenvalue weighted by Crippen LogP contribution is -2.38. The molecular formula is C14H13BrN2OS. The number of rotatable bonds is 1. The molecule has 1 atom stereocenters. The molecule has 0 saturated carbocycles. The highest BCUT2D eigenvalue weighted by Crippen LogP contribution is 2.33. The van der Waals surface area contributed by atoms with Crippen molar-refractivity contribution in [2.75, 3.05) is 6.54 Å². The third kappa shape index (κ3) is 2.32. The third-order valence-electron chi connectivity index (χ3n) is 3.51. The fourth-order valence-corrected chi connectivity index (χ4v) is 3.82. The first-order chi connectivity index (χ1) is 9.16. The molecular weight excluding hydrogens is 324 g/mol. The first-order valence-corrected chi connectivity index (χ1v) is 7.83. The van der Waals surface area contributed by atoms with Gasteiger partial charge in [-0.15, -0.1) is 11.3 Å². The molecule has 1 aliphatic rings. The van der Waals surface area contributed by atoms with Crippen LogP contribution in [0.1, 0.15) is 33.8 Å².